The highest BCUT2D eigenvalue weighted by Gasteiger charge is 2.11. The minimum absolute atomic E-state index is 0.000630. The molecule has 0 unspecified atom stereocenters. The lowest BCUT2D eigenvalue weighted by Gasteiger charge is -2.06. The van der Waals surface area contributed by atoms with Gasteiger partial charge in [-0.05, 0) is 37.1 Å². The zero-order chi connectivity index (χ0) is 14.5. The SMILES string of the molecule is Cc1cc(NCCc2cccc(F)c2)ncc1[N+](=O)[O-]. The van der Waals surface area contributed by atoms with E-state index < -0.39 is 4.92 Å². The number of pyridine rings is 1. The van der Waals surface area contributed by atoms with Gasteiger partial charge in [-0.2, -0.15) is 0 Å². The van der Waals surface area contributed by atoms with Crippen LogP contribution in [-0.4, -0.2) is 16.5 Å². The van der Waals surface area contributed by atoms with Crippen LogP contribution in [0.4, 0.5) is 15.9 Å². The molecule has 2 aromatic rings. The quantitative estimate of drug-likeness (QED) is 0.672. The van der Waals surface area contributed by atoms with E-state index in [1.54, 1.807) is 19.1 Å². The van der Waals surface area contributed by atoms with E-state index in [0.29, 0.717) is 24.3 Å². The van der Waals surface area contributed by atoms with Crippen LogP contribution in [0.1, 0.15) is 11.1 Å². The van der Waals surface area contributed by atoms with Gasteiger partial charge in [0.25, 0.3) is 5.69 Å². The van der Waals surface area contributed by atoms with Crippen LogP contribution in [-0.2, 0) is 6.42 Å². The Labute approximate surface area is 115 Å². The van der Waals surface area contributed by atoms with E-state index in [-0.39, 0.29) is 11.5 Å². The lowest BCUT2D eigenvalue weighted by molar-refractivity contribution is -0.385. The van der Waals surface area contributed by atoms with Crippen LogP contribution in [0.25, 0.3) is 0 Å². The Morgan fingerprint density at radius 2 is 2.20 bits per heavy atom. The van der Waals surface area contributed by atoms with Gasteiger partial charge in [-0.25, -0.2) is 9.37 Å². The van der Waals surface area contributed by atoms with Crippen molar-refractivity contribution in [2.75, 3.05) is 11.9 Å². The van der Waals surface area contributed by atoms with Crippen LogP contribution >= 0.6 is 0 Å². The van der Waals surface area contributed by atoms with E-state index in [9.17, 15) is 14.5 Å². The molecule has 1 aromatic heterocycles. The predicted molar refractivity (Wildman–Crippen MR) is 74.2 cm³/mol. The molecular formula is C14H14FN3O2. The number of nitrogens with one attached hydrogen (secondary N) is 1. The van der Waals surface area contributed by atoms with Gasteiger partial charge in [-0.3, -0.25) is 10.1 Å². The summed E-state index contributed by atoms with van der Waals surface area (Å²) in [7, 11) is 0. The van der Waals surface area contributed by atoms with Crippen molar-refractivity contribution in [1.82, 2.24) is 4.98 Å². The molecule has 0 saturated carbocycles. The van der Waals surface area contributed by atoms with Gasteiger partial charge in [0.05, 0.1) is 4.92 Å². The van der Waals surface area contributed by atoms with Gasteiger partial charge in [-0.1, -0.05) is 12.1 Å². The summed E-state index contributed by atoms with van der Waals surface area (Å²) in [5.41, 5.74) is 1.44. The Bertz CT molecular complexity index is 632. The standard InChI is InChI=1S/C14H14FN3O2/c1-10-7-14(17-9-13(10)18(19)20)16-6-5-11-3-2-4-12(15)8-11/h2-4,7-9H,5-6H2,1H3,(H,16,17). The van der Waals surface area contributed by atoms with Gasteiger partial charge in [0.2, 0.25) is 0 Å². The van der Waals surface area contributed by atoms with E-state index >= 15 is 0 Å². The summed E-state index contributed by atoms with van der Waals surface area (Å²) in [6.07, 6.45) is 1.88. The third-order valence-corrected chi connectivity index (χ3v) is 2.89. The van der Waals surface area contributed by atoms with Gasteiger partial charge in [0, 0.05) is 12.1 Å². The molecular weight excluding hydrogens is 261 g/mol. The van der Waals surface area contributed by atoms with E-state index in [2.05, 4.69) is 10.3 Å². The molecule has 0 aliphatic carbocycles. The maximum absolute atomic E-state index is 13.0. The molecule has 1 heterocycles. The number of rotatable bonds is 5. The number of nitrogens with zero attached hydrogens (tertiary/aromatic N) is 2. The monoisotopic (exact) mass is 275 g/mol. The maximum Gasteiger partial charge on any atom is 0.290 e. The van der Waals surface area contributed by atoms with Crippen molar-refractivity contribution in [2.24, 2.45) is 0 Å². The zero-order valence-corrected chi connectivity index (χ0v) is 11.0. The second-order valence-corrected chi connectivity index (χ2v) is 4.42. The van der Waals surface area contributed by atoms with Crippen molar-refractivity contribution >= 4 is 11.5 Å². The molecule has 2 rings (SSSR count). The van der Waals surface area contributed by atoms with Crippen molar-refractivity contribution in [2.45, 2.75) is 13.3 Å². The lowest BCUT2D eigenvalue weighted by atomic mass is 10.1. The summed E-state index contributed by atoms with van der Waals surface area (Å²) in [4.78, 5) is 14.2. The third-order valence-electron chi connectivity index (χ3n) is 2.89. The summed E-state index contributed by atoms with van der Waals surface area (Å²) in [6.45, 7) is 2.24. The number of halogens is 1. The van der Waals surface area contributed by atoms with Gasteiger partial charge < -0.3 is 5.32 Å². The van der Waals surface area contributed by atoms with Crippen molar-refractivity contribution < 1.29 is 9.31 Å². The predicted octanol–water partition coefficient (Wildman–Crippen LogP) is 3.09. The molecule has 20 heavy (non-hydrogen) atoms. The Balaban J connectivity index is 1.94. The highest BCUT2D eigenvalue weighted by molar-refractivity contribution is 5.46. The number of anilines is 1. The molecule has 0 fully saturated rings. The van der Waals surface area contributed by atoms with Crippen LogP contribution in [0.3, 0.4) is 0 Å². The first-order chi connectivity index (χ1) is 9.56. The molecule has 0 aliphatic heterocycles. The number of hydrogen-bond donors (Lipinski definition) is 1. The molecule has 0 aliphatic rings. The summed E-state index contributed by atoms with van der Waals surface area (Å²) in [6, 6.07) is 8.02. The molecule has 0 atom stereocenters. The molecule has 5 nitrogen and oxygen atoms in total. The Hall–Kier alpha value is -2.50. The average Bonchev–Trinajstić information content (AvgIpc) is 2.38. The number of aryl methyl sites for hydroxylation is 1. The van der Waals surface area contributed by atoms with Crippen molar-refractivity contribution in [3.05, 3.63) is 63.6 Å². The fourth-order valence-electron chi connectivity index (χ4n) is 1.86. The smallest absolute Gasteiger partial charge is 0.290 e. The summed E-state index contributed by atoms with van der Waals surface area (Å²) >= 11 is 0. The Morgan fingerprint density at radius 1 is 1.40 bits per heavy atom. The molecule has 0 saturated heterocycles. The van der Waals surface area contributed by atoms with E-state index in [1.807, 2.05) is 6.07 Å². The largest absolute Gasteiger partial charge is 0.370 e. The lowest BCUT2D eigenvalue weighted by Crippen LogP contribution is -2.07. The van der Waals surface area contributed by atoms with E-state index in [4.69, 9.17) is 0 Å². The Kier molecular flexibility index (Phi) is 4.24. The molecule has 1 aromatic carbocycles. The minimum atomic E-state index is -0.459. The van der Waals surface area contributed by atoms with E-state index in [1.165, 1.54) is 18.3 Å². The fourth-order valence-corrected chi connectivity index (χ4v) is 1.86. The topological polar surface area (TPSA) is 68.1 Å². The summed E-state index contributed by atoms with van der Waals surface area (Å²) in [5, 5.41) is 13.7. The second kappa shape index (κ2) is 6.10. The zero-order valence-electron chi connectivity index (χ0n) is 11.0. The second-order valence-electron chi connectivity index (χ2n) is 4.42. The van der Waals surface area contributed by atoms with Crippen molar-refractivity contribution in [3.63, 3.8) is 0 Å². The van der Waals surface area contributed by atoms with Crippen LogP contribution in [0.5, 0.6) is 0 Å². The first-order valence-electron chi connectivity index (χ1n) is 6.15. The van der Waals surface area contributed by atoms with Crippen molar-refractivity contribution in [3.8, 4) is 0 Å². The van der Waals surface area contributed by atoms with E-state index in [0.717, 1.165) is 5.56 Å². The van der Waals surface area contributed by atoms with Crippen LogP contribution in [0, 0.1) is 22.9 Å². The molecule has 0 amide bonds. The number of nitro groups is 1. The third kappa shape index (κ3) is 3.50. The van der Waals surface area contributed by atoms with Crippen LogP contribution in [0.15, 0.2) is 36.5 Å². The number of aromatic nitrogens is 1. The maximum atomic E-state index is 13.0. The fraction of sp³-hybridized carbons (Fsp3) is 0.214. The number of benzene rings is 1. The van der Waals surface area contributed by atoms with Gasteiger partial charge in [0.1, 0.15) is 17.8 Å². The molecule has 104 valence electrons. The van der Waals surface area contributed by atoms with Gasteiger partial charge in [0.15, 0.2) is 0 Å². The molecule has 0 radical (unpaired) electrons. The van der Waals surface area contributed by atoms with Crippen LogP contribution in [0.2, 0.25) is 0 Å². The van der Waals surface area contributed by atoms with Crippen LogP contribution < -0.4 is 5.32 Å². The normalized spacial score (nSPS) is 10.3. The van der Waals surface area contributed by atoms with Gasteiger partial charge >= 0.3 is 0 Å². The van der Waals surface area contributed by atoms with Crippen molar-refractivity contribution in [1.29, 1.82) is 0 Å². The highest BCUT2D eigenvalue weighted by atomic mass is 19.1. The minimum Gasteiger partial charge on any atom is -0.370 e. The molecule has 6 heteroatoms. The Morgan fingerprint density at radius 3 is 2.85 bits per heavy atom. The summed E-state index contributed by atoms with van der Waals surface area (Å²) in [5.74, 6) is 0.316. The molecule has 0 bridgehead atoms. The highest BCUT2D eigenvalue weighted by Crippen LogP contribution is 2.18. The first kappa shape index (κ1) is 13.9. The molecule has 0 spiro atoms. The van der Waals surface area contributed by atoms with Gasteiger partial charge in [-0.15, -0.1) is 0 Å². The first-order valence-corrected chi connectivity index (χ1v) is 6.15. The molecule has 1 N–H and O–H groups in total. The summed E-state index contributed by atoms with van der Waals surface area (Å²) < 4.78 is 13.0. The average molecular weight is 275 g/mol. The number of hydrogen-bond acceptors (Lipinski definition) is 4.